The van der Waals surface area contributed by atoms with E-state index in [1.165, 1.54) is 27.8 Å². The molecule has 0 N–H and O–H groups in total. The molecule has 0 saturated heterocycles. The topological polar surface area (TPSA) is 0 Å². The molecule has 1 radical (unpaired) electrons. The van der Waals surface area contributed by atoms with E-state index in [1.54, 1.807) is 0 Å². The average molecular weight is 159 g/mol. The van der Waals surface area contributed by atoms with Gasteiger partial charge in [-0.2, -0.15) is 0 Å². The maximum absolute atomic E-state index is 3.71. The molecule has 0 aliphatic heterocycles. The summed E-state index contributed by atoms with van der Waals surface area (Å²) < 4.78 is 0. The highest BCUT2D eigenvalue weighted by molar-refractivity contribution is 5.46. The lowest BCUT2D eigenvalue weighted by Crippen LogP contribution is -1.94. The maximum Gasteiger partial charge on any atom is -0.0120 e. The van der Waals surface area contributed by atoms with Crippen molar-refractivity contribution in [3.63, 3.8) is 0 Å². The lowest BCUT2D eigenvalue weighted by atomic mass is 9.94. The molecule has 0 heteroatoms. The maximum atomic E-state index is 3.71. The number of rotatable bonds is 1. The van der Waals surface area contributed by atoms with Gasteiger partial charge in [-0.25, -0.2) is 0 Å². The third-order valence-electron chi connectivity index (χ3n) is 2.54. The van der Waals surface area contributed by atoms with Crippen molar-refractivity contribution in [3.05, 3.63) is 46.5 Å². The van der Waals surface area contributed by atoms with Crippen LogP contribution in [0.15, 0.2) is 12.6 Å². The van der Waals surface area contributed by atoms with Gasteiger partial charge in [-0.05, 0) is 61.6 Å². The van der Waals surface area contributed by atoms with Crippen molar-refractivity contribution in [2.75, 3.05) is 0 Å². The standard InChI is InChI=1S/C12H15/c1-6-12-10(4)8(2)7-9(3)11(12)5/h7H,1H2,2-5H3. The third kappa shape index (κ3) is 1.29. The first-order valence-electron chi connectivity index (χ1n) is 4.18. The molecular weight excluding hydrogens is 144 g/mol. The van der Waals surface area contributed by atoms with E-state index in [2.05, 4.69) is 46.4 Å². The second-order valence-electron chi connectivity index (χ2n) is 3.31. The first kappa shape index (κ1) is 9.05. The summed E-state index contributed by atoms with van der Waals surface area (Å²) in [6.45, 7) is 12.2. The van der Waals surface area contributed by atoms with Crippen LogP contribution in [0.4, 0.5) is 0 Å². The Kier molecular flexibility index (Phi) is 2.37. The molecule has 63 valence electrons. The van der Waals surface area contributed by atoms with Gasteiger partial charge >= 0.3 is 0 Å². The highest BCUT2D eigenvalue weighted by Gasteiger charge is 2.04. The molecule has 0 amide bonds. The van der Waals surface area contributed by atoms with Gasteiger partial charge in [-0.3, -0.25) is 0 Å². The van der Waals surface area contributed by atoms with E-state index in [0.29, 0.717) is 0 Å². The normalized spacial score (nSPS) is 10.0. The monoisotopic (exact) mass is 159 g/mol. The Bertz CT molecular complexity index is 293. The van der Waals surface area contributed by atoms with Crippen LogP contribution in [-0.2, 0) is 0 Å². The molecule has 0 bridgehead atoms. The van der Waals surface area contributed by atoms with E-state index < -0.39 is 0 Å². The van der Waals surface area contributed by atoms with E-state index in [4.69, 9.17) is 0 Å². The van der Waals surface area contributed by atoms with Crippen LogP contribution in [0.3, 0.4) is 0 Å². The number of hydrogen-bond acceptors (Lipinski definition) is 0. The van der Waals surface area contributed by atoms with Crippen LogP contribution in [0, 0.1) is 33.8 Å². The fourth-order valence-corrected chi connectivity index (χ4v) is 1.48. The van der Waals surface area contributed by atoms with Crippen LogP contribution < -0.4 is 0 Å². The minimum atomic E-state index is 1.17. The number of benzene rings is 1. The summed E-state index contributed by atoms with van der Waals surface area (Å²) in [6, 6.07) is 2.21. The van der Waals surface area contributed by atoms with Crippen molar-refractivity contribution in [2.45, 2.75) is 27.7 Å². The zero-order valence-corrected chi connectivity index (χ0v) is 8.28. The molecule has 0 saturated carbocycles. The van der Waals surface area contributed by atoms with Crippen molar-refractivity contribution in [1.29, 1.82) is 0 Å². The summed E-state index contributed by atoms with van der Waals surface area (Å²) in [6.07, 6.45) is 3.00. The van der Waals surface area contributed by atoms with Crippen molar-refractivity contribution in [3.8, 4) is 0 Å². The molecule has 0 unspecified atom stereocenters. The number of hydrogen-bond donors (Lipinski definition) is 0. The largest absolute Gasteiger partial charge is 0.0905 e. The first-order chi connectivity index (χ1) is 5.57. The Morgan fingerprint density at radius 2 is 1.42 bits per heavy atom. The highest BCUT2D eigenvalue weighted by Crippen LogP contribution is 2.20. The SMILES string of the molecule is C=[C]c1c(C)c(C)cc(C)c1C. The molecule has 0 aromatic heterocycles. The fraction of sp³-hybridized carbons (Fsp3) is 0.333. The molecular formula is C12H15. The van der Waals surface area contributed by atoms with Crippen molar-refractivity contribution in [1.82, 2.24) is 0 Å². The van der Waals surface area contributed by atoms with Gasteiger partial charge in [0.15, 0.2) is 0 Å². The predicted octanol–water partition coefficient (Wildman–Crippen LogP) is 3.26. The van der Waals surface area contributed by atoms with Crippen LogP contribution in [0.5, 0.6) is 0 Å². The van der Waals surface area contributed by atoms with Gasteiger partial charge in [0.2, 0.25) is 0 Å². The molecule has 1 rings (SSSR count). The second-order valence-corrected chi connectivity index (χ2v) is 3.31. The Labute approximate surface area is 74.9 Å². The molecule has 0 aliphatic carbocycles. The Morgan fingerprint density at radius 1 is 1.00 bits per heavy atom. The van der Waals surface area contributed by atoms with Gasteiger partial charge in [0.25, 0.3) is 0 Å². The quantitative estimate of drug-likeness (QED) is 0.590. The molecule has 0 fully saturated rings. The van der Waals surface area contributed by atoms with Crippen molar-refractivity contribution in [2.24, 2.45) is 0 Å². The summed E-state index contributed by atoms with van der Waals surface area (Å²) in [4.78, 5) is 0. The van der Waals surface area contributed by atoms with Crippen molar-refractivity contribution >= 4 is 0 Å². The second kappa shape index (κ2) is 3.14. The summed E-state index contributed by atoms with van der Waals surface area (Å²) in [5.41, 5.74) is 6.42. The lowest BCUT2D eigenvalue weighted by molar-refractivity contribution is 1.21. The Hall–Kier alpha value is -1.04. The van der Waals surface area contributed by atoms with E-state index in [1.807, 2.05) is 0 Å². The molecule has 1 aromatic carbocycles. The molecule has 0 spiro atoms. The van der Waals surface area contributed by atoms with Gasteiger partial charge in [0.05, 0.1) is 0 Å². The van der Waals surface area contributed by atoms with Crippen LogP contribution in [0.2, 0.25) is 0 Å². The van der Waals surface area contributed by atoms with Crippen LogP contribution in [-0.4, -0.2) is 0 Å². The van der Waals surface area contributed by atoms with E-state index in [0.717, 1.165) is 0 Å². The Balaban J connectivity index is 3.52. The van der Waals surface area contributed by atoms with Gasteiger partial charge in [0.1, 0.15) is 0 Å². The average Bonchev–Trinajstić information content (AvgIpc) is 2.02. The van der Waals surface area contributed by atoms with Crippen LogP contribution >= 0.6 is 0 Å². The van der Waals surface area contributed by atoms with Crippen molar-refractivity contribution < 1.29 is 0 Å². The summed E-state index contributed by atoms with van der Waals surface area (Å²) in [5.74, 6) is 0. The molecule has 1 aromatic rings. The molecule has 12 heavy (non-hydrogen) atoms. The van der Waals surface area contributed by atoms with Gasteiger partial charge in [-0.15, -0.1) is 0 Å². The fourth-order valence-electron chi connectivity index (χ4n) is 1.48. The van der Waals surface area contributed by atoms with Gasteiger partial charge in [0, 0.05) is 0 Å². The van der Waals surface area contributed by atoms with E-state index >= 15 is 0 Å². The minimum absolute atomic E-state index is 1.17. The lowest BCUT2D eigenvalue weighted by Gasteiger charge is -2.10. The van der Waals surface area contributed by atoms with Crippen LogP contribution in [0.1, 0.15) is 27.8 Å². The molecule has 0 aliphatic rings. The number of aryl methyl sites for hydroxylation is 2. The molecule has 0 heterocycles. The zero-order valence-electron chi connectivity index (χ0n) is 8.28. The first-order valence-corrected chi connectivity index (χ1v) is 4.18. The highest BCUT2D eigenvalue weighted by atomic mass is 14.1. The van der Waals surface area contributed by atoms with Crippen LogP contribution in [0.25, 0.3) is 0 Å². The smallest absolute Gasteiger partial charge is 0.0120 e. The predicted molar refractivity (Wildman–Crippen MR) is 53.4 cm³/mol. The van der Waals surface area contributed by atoms with E-state index in [-0.39, 0.29) is 0 Å². The van der Waals surface area contributed by atoms with Gasteiger partial charge in [-0.1, -0.05) is 12.6 Å². The molecule has 0 nitrogen and oxygen atoms in total. The Morgan fingerprint density at radius 3 is 1.75 bits per heavy atom. The van der Waals surface area contributed by atoms with E-state index in [9.17, 15) is 0 Å². The summed E-state index contributed by atoms with van der Waals surface area (Å²) in [5, 5.41) is 0. The third-order valence-corrected chi connectivity index (χ3v) is 2.54. The summed E-state index contributed by atoms with van der Waals surface area (Å²) in [7, 11) is 0. The zero-order chi connectivity index (χ0) is 9.30. The minimum Gasteiger partial charge on any atom is -0.0905 e. The molecule has 0 atom stereocenters. The summed E-state index contributed by atoms with van der Waals surface area (Å²) >= 11 is 0. The van der Waals surface area contributed by atoms with Gasteiger partial charge < -0.3 is 0 Å².